The lowest BCUT2D eigenvalue weighted by Gasteiger charge is -2.34. The Balaban J connectivity index is 2.63. The van der Waals surface area contributed by atoms with Crippen molar-refractivity contribution < 1.29 is 24.9 Å². The van der Waals surface area contributed by atoms with Gasteiger partial charge in [0.25, 0.3) is 0 Å². The molecule has 1 saturated heterocycles. The summed E-state index contributed by atoms with van der Waals surface area (Å²) >= 11 is 0. The predicted octanol–water partition coefficient (Wildman–Crippen LogP) is -0.640. The number of ether oxygens (including phenoxy) is 1. The Hall–Kier alpha value is -0.650. The average Bonchev–Trinajstić information content (AvgIpc) is 2.03. The van der Waals surface area contributed by atoms with E-state index in [0.29, 0.717) is 6.42 Å². The van der Waals surface area contributed by atoms with Crippen molar-refractivity contribution in [3.8, 4) is 0 Å². The van der Waals surface area contributed by atoms with Crippen LogP contribution >= 0.6 is 0 Å². The second-order valence-corrected chi connectivity index (χ2v) is 3.21. The number of rotatable bonds is 2. The molecule has 1 aliphatic rings. The number of aliphatic carboxylic acids is 1. The zero-order valence-corrected chi connectivity index (χ0v) is 7.38. The molecule has 0 aromatic heterocycles. The zero-order valence-electron chi connectivity index (χ0n) is 7.38. The molecule has 0 aromatic carbocycles. The minimum atomic E-state index is -1.20. The van der Waals surface area contributed by atoms with Crippen LogP contribution in [0.15, 0.2) is 0 Å². The Morgan fingerprint density at radius 2 is 2.08 bits per heavy atom. The van der Waals surface area contributed by atoms with Gasteiger partial charge < -0.3 is 20.1 Å². The predicted molar refractivity (Wildman–Crippen MR) is 43.2 cm³/mol. The molecule has 0 aromatic rings. The van der Waals surface area contributed by atoms with Crippen molar-refractivity contribution in [3.05, 3.63) is 0 Å². The van der Waals surface area contributed by atoms with Gasteiger partial charge in [-0.2, -0.15) is 0 Å². The van der Waals surface area contributed by atoms with Crippen molar-refractivity contribution in [2.24, 2.45) is 0 Å². The monoisotopic (exact) mass is 190 g/mol. The SMILES string of the molecule is CC[C@@H]1O[C@H](C(=O)O)[C@@H](O)C[C@H]1O. The maximum Gasteiger partial charge on any atom is 0.335 e. The molecule has 0 unspecified atom stereocenters. The van der Waals surface area contributed by atoms with Crippen LogP contribution in [0, 0.1) is 0 Å². The molecule has 4 atom stereocenters. The van der Waals surface area contributed by atoms with Gasteiger partial charge in [0.2, 0.25) is 0 Å². The van der Waals surface area contributed by atoms with Gasteiger partial charge in [-0.3, -0.25) is 0 Å². The molecule has 0 amide bonds. The lowest BCUT2D eigenvalue weighted by Crippen LogP contribution is -2.50. The second kappa shape index (κ2) is 4.04. The largest absolute Gasteiger partial charge is 0.479 e. The summed E-state index contributed by atoms with van der Waals surface area (Å²) in [4.78, 5) is 10.6. The first-order valence-corrected chi connectivity index (χ1v) is 4.30. The van der Waals surface area contributed by atoms with Crippen molar-refractivity contribution in [1.82, 2.24) is 0 Å². The molecule has 13 heavy (non-hydrogen) atoms. The van der Waals surface area contributed by atoms with Crippen molar-refractivity contribution in [2.45, 2.75) is 44.2 Å². The summed E-state index contributed by atoms with van der Waals surface area (Å²) in [5.41, 5.74) is 0. The molecule has 5 nitrogen and oxygen atoms in total. The molecule has 0 radical (unpaired) electrons. The van der Waals surface area contributed by atoms with Gasteiger partial charge in [-0.15, -0.1) is 0 Å². The standard InChI is InChI=1S/C8H14O5/c1-2-6-4(9)3-5(10)7(13-6)8(11)12/h4-7,9-10H,2-3H2,1H3,(H,11,12)/t4-,5+,6+,7+/m1/s1. The number of aliphatic hydroxyl groups excluding tert-OH is 2. The van der Waals surface area contributed by atoms with E-state index in [2.05, 4.69) is 0 Å². The first kappa shape index (κ1) is 10.4. The third kappa shape index (κ3) is 2.18. The summed E-state index contributed by atoms with van der Waals surface area (Å²) in [5, 5.41) is 27.3. The Morgan fingerprint density at radius 1 is 1.46 bits per heavy atom. The van der Waals surface area contributed by atoms with Gasteiger partial charge in [0.05, 0.1) is 18.3 Å². The van der Waals surface area contributed by atoms with Crippen LogP contribution in [0.3, 0.4) is 0 Å². The molecule has 1 fully saturated rings. The lowest BCUT2D eigenvalue weighted by molar-refractivity contribution is -0.192. The molecule has 0 bridgehead atoms. The van der Waals surface area contributed by atoms with Gasteiger partial charge >= 0.3 is 5.97 Å². The molecular formula is C8H14O5. The number of carboxylic acid groups (broad SMARTS) is 1. The highest BCUT2D eigenvalue weighted by Gasteiger charge is 2.39. The molecule has 5 heteroatoms. The number of hydrogen-bond donors (Lipinski definition) is 3. The summed E-state index contributed by atoms with van der Waals surface area (Å²) < 4.78 is 5.02. The van der Waals surface area contributed by atoms with Crippen LogP contribution in [0.25, 0.3) is 0 Å². The van der Waals surface area contributed by atoms with E-state index in [1.54, 1.807) is 6.92 Å². The number of carbonyl (C=O) groups is 1. The van der Waals surface area contributed by atoms with Crippen LogP contribution < -0.4 is 0 Å². The molecule has 0 saturated carbocycles. The minimum Gasteiger partial charge on any atom is -0.479 e. The summed E-state index contributed by atoms with van der Waals surface area (Å²) in [6.45, 7) is 1.80. The molecule has 76 valence electrons. The van der Waals surface area contributed by atoms with E-state index in [4.69, 9.17) is 9.84 Å². The number of carboxylic acids is 1. The van der Waals surface area contributed by atoms with Gasteiger partial charge in [-0.25, -0.2) is 4.79 Å². The van der Waals surface area contributed by atoms with E-state index in [1.165, 1.54) is 0 Å². The highest BCUT2D eigenvalue weighted by molar-refractivity contribution is 5.73. The van der Waals surface area contributed by atoms with E-state index >= 15 is 0 Å². The lowest BCUT2D eigenvalue weighted by atomic mass is 9.97. The molecular weight excluding hydrogens is 176 g/mol. The number of aliphatic hydroxyl groups is 2. The maximum atomic E-state index is 10.6. The fourth-order valence-electron chi connectivity index (χ4n) is 1.48. The topological polar surface area (TPSA) is 87.0 Å². The molecule has 0 aliphatic carbocycles. The van der Waals surface area contributed by atoms with Crippen LogP contribution in [-0.2, 0) is 9.53 Å². The smallest absolute Gasteiger partial charge is 0.335 e. The van der Waals surface area contributed by atoms with Gasteiger partial charge in [-0.05, 0) is 6.42 Å². The van der Waals surface area contributed by atoms with E-state index in [9.17, 15) is 15.0 Å². The first-order valence-electron chi connectivity index (χ1n) is 4.30. The molecule has 1 rings (SSSR count). The summed E-state index contributed by atoms with van der Waals surface area (Å²) in [5.74, 6) is -1.18. The summed E-state index contributed by atoms with van der Waals surface area (Å²) in [6, 6.07) is 0. The zero-order chi connectivity index (χ0) is 10.0. The van der Waals surface area contributed by atoms with Crippen molar-refractivity contribution in [1.29, 1.82) is 0 Å². The van der Waals surface area contributed by atoms with Crippen LogP contribution in [0.4, 0.5) is 0 Å². The summed E-state index contributed by atoms with van der Waals surface area (Å²) in [7, 11) is 0. The molecule has 0 spiro atoms. The molecule has 1 aliphatic heterocycles. The average molecular weight is 190 g/mol. The van der Waals surface area contributed by atoms with Crippen molar-refractivity contribution in [2.75, 3.05) is 0 Å². The van der Waals surface area contributed by atoms with Crippen LogP contribution in [0.1, 0.15) is 19.8 Å². The highest BCUT2D eigenvalue weighted by atomic mass is 16.5. The van der Waals surface area contributed by atoms with E-state index < -0.39 is 30.4 Å². The Labute approximate surface area is 75.9 Å². The van der Waals surface area contributed by atoms with Crippen LogP contribution in [-0.4, -0.2) is 45.7 Å². The van der Waals surface area contributed by atoms with Crippen molar-refractivity contribution in [3.63, 3.8) is 0 Å². The van der Waals surface area contributed by atoms with Gasteiger partial charge in [0.1, 0.15) is 0 Å². The molecule has 3 N–H and O–H groups in total. The van der Waals surface area contributed by atoms with Crippen LogP contribution in [0.2, 0.25) is 0 Å². The Kier molecular flexibility index (Phi) is 3.24. The Bertz CT molecular complexity index is 193. The number of hydrogen-bond acceptors (Lipinski definition) is 4. The fraction of sp³-hybridized carbons (Fsp3) is 0.875. The fourth-order valence-corrected chi connectivity index (χ4v) is 1.48. The van der Waals surface area contributed by atoms with Crippen LogP contribution in [0.5, 0.6) is 0 Å². The second-order valence-electron chi connectivity index (χ2n) is 3.21. The van der Waals surface area contributed by atoms with E-state index in [0.717, 1.165) is 0 Å². The maximum absolute atomic E-state index is 10.6. The summed E-state index contributed by atoms with van der Waals surface area (Å²) in [6.07, 6.45) is -2.96. The quantitative estimate of drug-likeness (QED) is 0.539. The van der Waals surface area contributed by atoms with Gasteiger partial charge in [0.15, 0.2) is 6.10 Å². The van der Waals surface area contributed by atoms with Crippen molar-refractivity contribution >= 4 is 5.97 Å². The highest BCUT2D eigenvalue weighted by Crippen LogP contribution is 2.22. The normalized spacial score (nSPS) is 40.2. The third-order valence-electron chi connectivity index (χ3n) is 2.23. The Morgan fingerprint density at radius 3 is 2.54 bits per heavy atom. The third-order valence-corrected chi connectivity index (χ3v) is 2.23. The van der Waals surface area contributed by atoms with Gasteiger partial charge in [-0.1, -0.05) is 6.92 Å². The van der Waals surface area contributed by atoms with E-state index in [-0.39, 0.29) is 6.42 Å². The molecule has 1 heterocycles. The first-order chi connectivity index (χ1) is 6.06. The van der Waals surface area contributed by atoms with E-state index in [1.807, 2.05) is 0 Å². The minimum absolute atomic E-state index is 0.0650. The van der Waals surface area contributed by atoms with Gasteiger partial charge in [0, 0.05) is 6.42 Å².